The van der Waals surface area contributed by atoms with Crippen LogP contribution in [-0.2, 0) is 10.0 Å². The molecule has 0 aromatic heterocycles. The van der Waals surface area contributed by atoms with Crippen LogP contribution in [0.3, 0.4) is 0 Å². The van der Waals surface area contributed by atoms with E-state index in [1.165, 1.54) is 26.4 Å². The molecule has 0 saturated carbocycles. The van der Waals surface area contributed by atoms with Crippen molar-refractivity contribution >= 4 is 31.6 Å². The van der Waals surface area contributed by atoms with Crippen LogP contribution in [0, 0.1) is 0 Å². The summed E-state index contributed by atoms with van der Waals surface area (Å²) in [7, 11) is -0.738. The minimum atomic E-state index is -3.68. The van der Waals surface area contributed by atoms with Gasteiger partial charge in [0.2, 0.25) is 0 Å². The van der Waals surface area contributed by atoms with Gasteiger partial charge in [0.05, 0.1) is 19.1 Å². The van der Waals surface area contributed by atoms with Gasteiger partial charge in [-0.25, -0.2) is 8.42 Å². The molecule has 0 aliphatic heterocycles. The first-order valence-electron chi connectivity index (χ1n) is 5.96. The second-order valence-electron chi connectivity index (χ2n) is 4.13. The third-order valence-corrected chi connectivity index (χ3v) is 4.67. The van der Waals surface area contributed by atoms with Crippen molar-refractivity contribution in [3.63, 3.8) is 0 Å². The lowest BCUT2D eigenvalue weighted by Gasteiger charge is -2.11. The van der Waals surface area contributed by atoms with E-state index in [1.54, 1.807) is 30.3 Å². The molecule has 7 heteroatoms. The van der Waals surface area contributed by atoms with Crippen molar-refractivity contribution in [2.24, 2.45) is 0 Å². The summed E-state index contributed by atoms with van der Waals surface area (Å²) in [6, 6.07) is 11.3. The Labute approximate surface area is 132 Å². The van der Waals surface area contributed by atoms with Crippen LogP contribution < -0.4 is 14.2 Å². The number of rotatable bonds is 5. The summed E-state index contributed by atoms with van der Waals surface area (Å²) in [5.74, 6) is 0.830. The summed E-state index contributed by atoms with van der Waals surface area (Å²) in [5, 5.41) is 0. The number of ether oxygens (including phenoxy) is 2. The molecule has 0 unspecified atom stereocenters. The summed E-state index contributed by atoms with van der Waals surface area (Å²) < 4.78 is 38.3. The van der Waals surface area contributed by atoms with E-state index in [-0.39, 0.29) is 4.90 Å². The fourth-order valence-electron chi connectivity index (χ4n) is 1.72. The minimum absolute atomic E-state index is 0.100. The molecular weight excluding hydrogens is 358 g/mol. The predicted molar refractivity (Wildman–Crippen MR) is 84.5 cm³/mol. The molecule has 0 radical (unpaired) electrons. The highest BCUT2D eigenvalue weighted by Crippen LogP contribution is 2.30. The monoisotopic (exact) mass is 371 g/mol. The fraction of sp³-hybridized carbons (Fsp3) is 0.143. The Morgan fingerprint density at radius 1 is 0.952 bits per heavy atom. The van der Waals surface area contributed by atoms with E-state index in [2.05, 4.69) is 20.7 Å². The molecule has 0 saturated heterocycles. The van der Waals surface area contributed by atoms with Crippen molar-refractivity contribution in [2.75, 3.05) is 18.9 Å². The van der Waals surface area contributed by atoms with Crippen LogP contribution in [0.2, 0.25) is 0 Å². The molecule has 1 N–H and O–H groups in total. The summed E-state index contributed by atoms with van der Waals surface area (Å²) in [5.41, 5.74) is 0.480. The Hall–Kier alpha value is -1.73. The van der Waals surface area contributed by atoms with Gasteiger partial charge in [-0.3, -0.25) is 4.72 Å². The molecule has 2 aromatic rings. The van der Waals surface area contributed by atoms with Gasteiger partial charge >= 0.3 is 0 Å². The topological polar surface area (TPSA) is 64.6 Å². The van der Waals surface area contributed by atoms with E-state index in [0.29, 0.717) is 17.2 Å². The van der Waals surface area contributed by atoms with Crippen LogP contribution in [-0.4, -0.2) is 22.6 Å². The molecule has 0 heterocycles. The van der Waals surface area contributed by atoms with Gasteiger partial charge in [0.25, 0.3) is 10.0 Å². The lowest BCUT2D eigenvalue weighted by molar-refractivity contribution is 0.354. The van der Waals surface area contributed by atoms with Crippen molar-refractivity contribution < 1.29 is 17.9 Å². The van der Waals surface area contributed by atoms with E-state index in [0.717, 1.165) is 4.47 Å². The quantitative estimate of drug-likeness (QED) is 0.875. The van der Waals surface area contributed by atoms with Gasteiger partial charge < -0.3 is 9.47 Å². The Bertz CT molecular complexity index is 729. The largest absolute Gasteiger partial charge is 0.493 e. The number of anilines is 1. The highest BCUT2D eigenvalue weighted by Gasteiger charge is 2.17. The standard InChI is InChI=1S/C14H14BrNO4S/c1-19-13-8-7-12(9-14(13)20-2)21(17,18)16-11-5-3-10(15)4-6-11/h3-9,16H,1-2H3. The third-order valence-electron chi connectivity index (χ3n) is 2.76. The highest BCUT2D eigenvalue weighted by molar-refractivity contribution is 9.10. The van der Waals surface area contributed by atoms with Crippen LogP contribution in [0.25, 0.3) is 0 Å². The molecule has 5 nitrogen and oxygen atoms in total. The van der Waals surface area contributed by atoms with Gasteiger partial charge in [0, 0.05) is 16.2 Å². The first-order chi connectivity index (χ1) is 9.96. The zero-order valence-electron chi connectivity index (χ0n) is 11.5. The van der Waals surface area contributed by atoms with Gasteiger partial charge in [-0.15, -0.1) is 0 Å². The number of hydrogen-bond donors (Lipinski definition) is 1. The Morgan fingerprint density at radius 2 is 1.57 bits per heavy atom. The number of hydrogen-bond acceptors (Lipinski definition) is 4. The summed E-state index contributed by atoms with van der Waals surface area (Å²) in [6.45, 7) is 0. The first kappa shape index (κ1) is 15.7. The molecule has 0 amide bonds. The molecule has 2 rings (SSSR count). The van der Waals surface area contributed by atoms with E-state index in [9.17, 15) is 8.42 Å². The van der Waals surface area contributed by atoms with Gasteiger partial charge in [0.1, 0.15) is 0 Å². The van der Waals surface area contributed by atoms with Gasteiger partial charge in [0.15, 0.2) is 11.5 Å². The average Bonchev–Trinajstić information content (AvgIpc) is 2.48. The zero-order chi connectivity index (χ0) is 15.5. The fourth-order valence-corrected chi connectivity index (χ4v) is 3.05. The van der Waals surface area contributed by atoms with E-state index < -0.39 is 10.0 Å². The average molecular weight is 372 g/mol. The SMILES string of the molecule is COc1ccc(S(=O)(=O)Nc2ccc(Br)cc2)cc1OC. The van der Waals surface area contributed by atoms with Crippen molar-refractivity contribution in [3.8, 4) is 11.5 Å². The Kier molecular flexibility index (Phi) is 4.74. The van der Waals surface area contributed by atoms with E-state index in [1.807, 2.05) is 0 Å². The predicted octanol–water partition coefficient (Wildman–Crippen LogP) is 3.27. The van der Waals surface area contributed by atoms with E-state index >= 15 is 0 Å². The molecule has 0 aliphatic rings. The highest BCUT2D eigenvalue weighted by atomic mass is 79.9. The maximum absolute atomic E-state index is 12.3. The van der Waals surface area contributed by atoms with Crippen LogP contribution >= 0.6 is 15.9 Å². The van der Waals surface area contributed by atoms with Gasteiger partial charge in [-0.1, -0.05) is 15.9 Å². The number of halogens is 1. The molecular formula is C14H14BrNO4S. The lowest BCUT2D eigenvalue weighted by atomic mass is 10.3. The molecule has 0 fully saturated rings. The summed E-state index contributed by atoms with van der Waals surface area (Å²) in [6.07, 6.45) is 0. The number of nitrogens with one attached hydrogen (secondary N) is 1. The third kappa shape index (κ3) is 3.68. The Balaban J connectivity index is 2.33. The molecule has 112 valence electrons. The second-order valence-corrected chi connectivity index (χ2v) is 6.73. The van der Waals surface area contributed by atoms with Crippen molar-refractivity contribution in [1.29, 1.82) is 0 Å². The normalized spacial score (nSPS) is 11.0. The van der Waals surface area contributed by atoms with Crippen molar-refractivity contribution in [3.05, 3.63) is 46.9 Å². The van der Waals surface area contributed by atoms with Crippen LogP contribution in [0.1, 0.15) is 0 Å². The lowest BCUT2D eigenvalue weighted by Crippen LogP contribution is -2.13. The first-order valence-corrected chi connectivity index (χ1v) is 8.24. The number of sulfonamides is 1. The van der Waals surface area contributed by atoms with Gasteiger partial charge in [-0.05, 0) is 36.4 Å². The van der Waals surface area contributed by atoms with Crippen LogP contribution in [0.4, 0.5) is 5.69 Å². The second kappa shape index (κ2) is 6.36. The van der Waals surface area contributed by atoms with Crippen LogP contribution in [0.15, 0.2) is 51.8 Å². The minimum Gasteiger partial charge on any atom is -0.493 e. The molecule has 0 atom stereocenters. The van der Waals surface area contributed by atoms with Gasteiger partial charge in [-0.2, -0.15) is 0 Å². The number of methoxy groups -OCH3 is 2. The van der Waals surface area contributed by atoms with Crippen molar-refractivity contribution in [1.82, 2.24) is 0 Å². The summed E-state index contributed by atoms with van der Waals surface area (Å²) in [4.78, 5) is 0.100. The molecule has 2 aromatic carbocycles. The van der Waals surface area contributed by atoms with Crippen LogP contribution in [0.5, 0.6) is 11.5 Å². The number of benzene rings is 2. The molecule has 0 aliphatic carbocycles. The van der Waals surface area contributed by atoms with E-state index in [4.69, 9.17) is 9.47 Å². The van der Waals surface area contributed by atoms with Crippen molar-refractivity contribution in [2.45, 2.75) is 4.90 Å². The maximum Gasteiger partial charge on any atom is 0.262 e. The molecule has 21 heavy (non-hydrogen) atoms. The molecule has 0 bridgehead atoms. The molecule has 0 spiro atoms. The zero-order valence-corrected chi connectivity index (χ0v) is 13.9. The maximum atomic E-state index is 12.3. The smallest absolute Gasteiger partial charge is 0.262 e. The summed E-state index contributed by atoms with van der Waals surface area (Å²) >= 11 is 3.30. The Morgan fingerprint density at radius 3 is 2.14 bits per heavy atom.